The first kappa shape index (κ1) is 18.4. The molecular formula is C19H11Cl2N5OS. The van der Waals surface area contributed by atoms with E-state index in [1.165, 1.54) is 17.7 Å². The Morgan fingerprint density at radius 1 is 1.18 bits per heavy atom. The largest absolute Gasteiger partial charge is 0.481 e. The van der Waals surface area contributed by atoms with Crippen LogP contribution in [0.15, 0.2) is 42.9 Å². The quantitative estimate of drug-likeness (QED) is 0.397. The predicted molar refractivity (Wildman–Crippen MR) is 111 cm³/mol. The number of pyridine rings is 1. The number of ether oxygens (including phenoxy) is 1. The van der Waals surface area contributed by atoms with E-state index in [-0.39, 0.29) is 0 Å². The van der Waals surface area contributed by atoms with Crippen LogP contribution in [-0.2, 0) is 0 Å². The van der Waals surface area contributed by atoms with Gasteiger partial charge < -0.3 is 9.72 Å². The van der Waals surface area contributed by atoms with Crippen molar-refractivity contribution in [2.24, 2.45) is 0 Å². The second-order valence-corrected chi connectivity index (χ2v) is 7.51. The van der Waals surface area contributed by atoms with E-state index >= 15 is 0 Å². The minimum atomic E-state index is 0.454. The van der Waals surface area contributed by atoms with Crippen LogP contribution >= 0.6 is 34.5 Å². The van der Waals surface area contributed by atoms with Crippen LogP contribution < -0.4 is 4.74 Å². The first-order chi connectivity index (χ1) is 13.6. The summed E-state index contributed by atoms with van der Waals surface area (Å²) in [5.74, 6) is 1.03. The highest BCUT2D eigenvalue weighted by Gasteiger charge is 2.25. The number of nitrogens with zero attached hydrogens (tertiary/aromatic N) is 4. The zero-order valence-corrected chi connectivity index (χ0v) is 16.7. The standard InChI is InChI=1S/C19H11Cl2N5OS/c1-22-16-15(12-4-3-11(20)8-13(12)21)18(19-24-9-25-26-19)28-17(16)10-5-6-23-14(7-10)27-2/h3-9H,2H3,(H,24,25,26). The Morgan fingerprint density at radius 2 is 2.04 bits per heavy atom. The number of thiophene rings is 1. The monoisotopic (exact) mass is 427 g/mol. The molecule has 0 fully saturated rings. The third-order valence-electron chi connectivity index (χ3n) is 4.03. The SMILES string of the molecule is [C-]#[N+]c1c(-c2ccnc(OC)c2)sc(-c2nnc[nH]2)c1-c1ccc(Cl)cc1Cl. The highest BCUT2D eigenvalue weighted by atomic mass is 35.5. The van der Waals surface area contributed by atoms with Crippen LogP contribution in [0.5, 0.6) is 5.88 Å². The lowest BCUT2D eigenvalue weighted by atomic mass is 10.0. The minimum Gasteiger partial charge on any atom is -0.481 e. The lowest BCUT2D eigenvalue weighted by Crippen LogP contribution is -1.86. The maximum atomic E-state index is 7.84. The fourth-order valence-corrected chi connectivity index (χ4v) is 4.51. The van der Waals surface area contributed by atoms with Crippen LogP contribution in [0.2, 0.25) is 10.0 Å². The number of hydrogen-bond acceptors (Lipinski definition) is 5. The Hall–Kier alpha value is -2.92. The maximum Gasteiger partial charge on any atom is 0.213 e. The molecule has 9 heteroatoms. The molecule has 0 saturated heterocycles. The van der Waals surface area contributed by atoms with Crippen LogP contribution in [0.25, 0.3) is 37.1 Å². The van der Waals surface area contributed by atoms with Crippen molar-refractivity contribution >= 4 is 40.2 Å². The number of hydrogen-bond donors (Lipinski definition) is 1. The predicted octanol–water partition coefficient (Wildman–Crippen LogP) is 6.13. The molecule has 4 aromatic rings. The van der Waals surface area contributed by atoms with E-state index in [0.717, 1.165) is 15.3 Å². The van der Waals surface area contributed by atoms with Gasteiger partial charge in [0.05, 0.1) is 18.6 Å². The van der Waals surface area contributed by atoms with Crippen molar-refractivity contribution in [2.75, 3.05) is 7.11 Å². The van der Waals surface area contributed by atoms with E-state index < -0.39 is 0 Å². The van der Waals surface area contributed by atoms with Crippen molar-refractivity contribution < 1.29 is 4.74 Å². The van der Waals surface area contributed by atoms with Crippen LogP contribution in [-0.4, -0.2) is 27.3 Å². The average Bonchev–Trinajstić information content (AvgIpc) is 3.35. The van der Waals surface area contributed by atoms with Crippen molar-refractivity contribution in [3.8, 4) is 38.1 Å². The molecular weight excluding hydrogens is 417 g/mol. The Bertz CT molecular complexity index is 1200. The van der Waals surface area contributed by atoms with Gasteiger partial charge in [0.2, 0.25) is 11.6 Å². The Kier molecular flexibility index (Phi) is 5.01. The molecule has 3 aromatic heterocycles. The van der Waals surface area contributed by atoms with Crippen LogP contribution in [0.1, 0.15) is 0 Å². The molecule has 0 bridgehead atoms. The van der Waals surface area contributed by atoms with E-state index in [0.29, 0.717) is 38.6 Å². The summed E-state index contributed by atoms with van der Waals surface area (Å²) in [6.07, 6.45) is 3.14. The van der Waals surface area contributed by atoms with Gasteiger partial charge in [0.25, 0.3) is 0 Å². The molecule has 1 aromatic carbocycles. The summed E-state index contributed by atoms with van der Waals surface area (Å²) < 4.78 is 5.23. The highest BCUT2D eigenvalue weighted by Crippen LogP contribution is 2.53. The summed E-state index contributed by atoms with van der Waals surface area (Å²) in [6.45, 7) is 7.84. The fourth-order valence-electron chi connectivity index (χ4n) is 2.81. The second-order valence-electron chi connectivity index (χ2n) is 5.64. The summed E-state index contributed by atoms with van der Waals surface area (Å²) >= 11 is 14.0. The molecule has 1 N–H and O–H groups in total. The van der Waals surface area contributed by atoms with E-state index in [4.69, 9.17) is 34.5 Å². The van der Waals surface area contributed by atoms with Crippen LogP contribution in [0, 0.1) is 6.57 Å². The summed E-state index contributed by atoms with van der Waals surface area (Å²) in [7, 11) is 1.55. The summed E-state index contributed by atoms with van der Waals surface area (Å²) in [4.78, 5) is 12.5. The van der Waals surface area contributed by atoms with Gasteiger partial charge >= 0.3 is 0 Å². The number of halogens is 2. The smallest absolute Gasteiger partial charge is 0.213 e. The molecule has 0 radical (unpaired) electrons. The highest BCUT2D eigenvalue weighted by molar-refractivity contribution is 7.20. The minimum absolute atomic E-state index is 0.454. The molecule has 0 aliphatic carbocycles. The number of aromatic nitrogens is 4. The maximum absolute atomic E-state index is 7.84. The van der Waals surface area contributed by atoms with Crippen LogP contribution in [0.3, 0.4) is 0 Å². The Balaban J connectivity index is 2.03. The molecule has 0 aliphatic heterocycles. The van der Waals surface area contributed by atoms with Crippen LogP contribution in [0.4, 0.5) is 5.69 Å². The van der Waals surface area contributed by atoms with Gasteiger partial charge in [-0.1, -0.05) is 29.3 Å². The van der Waals surface area contributed by atoms with E-state index in [2.05, 4.69) is 25.0 Å². The third-order valence-corrected chi connectivity index (χ3v) is 5.82. The molecule has 138 valence electrons. The number of rotatable bonds is 4. The molecule has 0 spiro atoms. The Labute approximate surface area is 174 Å². The summed E-state index contributed by atoms with van der Waals surface area (Å²) in [5.41, 5.74) is 2.67. The molecule has 4 rings (SSSR count). The normalized spacial score (nSPS) is 10.6. The average molecular weight is 428 g/mol. The zero-order valence-electron chi connectivity index (χ0n) is 14.4. The first-order valence-corrected chi connectivity index (χ1v) is 9.56. The van der Waals surface area contributed by atoms with Gasteiger partial charge in [-0.2, -0.15) is 0 Å². The van der Waals surface area contributed by atoms with E-state index in [9.17, 15) is 0 Å². The number of benzene rings is 1. The third kappa shape index (κ3) is 3.22. The van der Waals surface area contributed by atoms with Crippen molar-refractivity contribution in [1.82, 2.24) is 20.2 Å². The van der Waals surface area contributed by atoms with Gasteiger partial charge in [-0.05, 0) is 29.3 Å². The molecule has 0 atom stereocenters. The topological polar surface area (TPSA) is 68.1 Å². The molecule has 0 saturated carbocycles. The molecule has 0 amide bonds. The van der Waals surface area contributed by atoms with Gasteiger partial charge in [-0.15, -0.1) is 21.5 Å². The van der Waals surface area contributed by atoms with Gasteiger partial charge in [0.15, 0.2) is 5.82 Å². The molecule has 0 aliphatic rings. The number of H-pyrrole nitrogens is 1. The number of methoxy groups -OCH3 is 1. The first-order valence-electron chi connectivity index (χ1n) is 7.99. The van der Waals surface area contributed by atoms with E-state index in [1.807, 2.05) is 6.07 Å². The van der Waals surface area contributed by atoms with Gasteiger partial charge in [0, 0.05) is 32.7 Å². The second kappa shape index (κ2) is 7.60. The molecule has 6 nitrogen and oxygen atoms in total. The number of nitrogens with one attached hydrogen (secondary N) is 1. The number of aromatic amines is 1. The van der Waals surface area contributed by atoms with Crippen molar-refractivity contribution in [3.05, 3.63) is 64.3 Å². The zero-order chi connectivity index (χ0) is 19.7. The van der Waals surface area contributed by atoms with Gasteiger partial charge in [-0.25, -0.2) is 9.83 Å². The lowest BCUT2D eigenvalue weighted by molar-refractivity contribution is 0.398. The summed E-state index contributed by atoms with van der Waals surface area (Å²) in [6, 6.07) is 8.83. The molecule has 3 heterocycles. The Morgan fingerprint density at radius 3 is 2.71 bits per heavy atom. The van der Waals surface area contributed by atoms with Gasteiger partial charge in [-0.3, -0.25) is 0 Å². The molecule has 0 unspecified atom stereocenters. The summed E-state index contributed by atoms with van der Waals surface area (Å²) in [5, 5.41) is 8.98. The lowest BCUT2D eigenvalue weighted by Gasteiger charge is -2.07. The molecule has 28 heavy (non-hydrogen) atoms. The van der Waals surface area contributed by atoms with Crippen molar-refractivity contribution in [1.29, 1.82) is 0 Å². The van der Waals surface area contributed by atoms with Crippen molar-refractivity contribution in [3.63, 3.8) is 0 Å². The van der Waals surface area contributed by atoms with Gasteiger partial charge in [0.1, 0.15) is 6.33 Å². The van der Waals surface area contributed by atoms with E-state index in [1.54, 1.807) is 37.6 Å². The fraction of sp³-hybridized carbons (Fsp3) is 0.0526. The van der Waals surface area contributed by atoms with Crippen molar-refractivity contribution in [2.45, 2.75) is 0 Å².